The molecule has 0 fully saturated rings. The molecule has 0 saturated heterocycles. The summed E-state index contributed by atoms with van der Waals surface area (Å²) < 4.78 is 0. The summed E-state index contributed by atoms with van der Waals surface area (Å²) >= 11 is 6.06. The second kappa shape index (κ2) is 7.81. The number of nitrogens with one attached hydrogen (secondary N) is 1. The van der Waals surface area contributed by atoms with Crippen molar-refractivity contribution < 1.29 is 0 Å². The van der Waals surface area contributed by atoms with E-state index in [2.05, 4.69) is 45.1 Å². The third-order valence-electron chi connectivity index (χ3n) is 3.58. The molecule has 0 bridgehead atoms. The van der Waals surface area contributed by atoms with E-state index in [1.165, 1.54) is 12.0 Å². The number of hydrogen-bond donors (Lipinski definition) is 1. The van der Waals surface area contributed by atoms with E-state index in [0.29, 0.717) is 17.9 Å². The normalized spacial score (nSPS) is 14.8. The zero-order valence-electron chi connectivity index (χ0n) is 12.0. The fourth-order valence-corrected chi connectivity index (χ4v) is 2.66. The van der Waals surface area contributed by atoms with Gasteiger partial charge in [0.15, 0.2) is 0 Å². The maximum Gasteiger partial charge on any atom is 0.0408 e. The number of rotatable bonds is 7. The van der Waals surface area contributed by atoms with Crippen molar-refractivity contribution >= 4 is 11.6 Å². The summed E-state index contributed by atoms with van der Waals surface area (Å²) in [4.78, 5) is 0. The smallest absolute Gasteiger partial charge is 0.0408 e. The van der Waals surface area contributed by atoms with Crippen LogP contribution in [0.2, 0.25) is 5.02 Å². The molecule has 0 saturated carbocycles. The summed E-state index contributed by atoms with van der Waals surface area (Å²) in [5, 5.41) is 4.45. The van der Waals surface area contributed by atoms with Crippen LogP contribution in [0, 0.1) is 11.8 Å². The van der Waals surface area contributed by atoms with Crippen LogP contribution >= 0.6 is 11.6 Å². The Bertz CT molecular complexity index is 349. The predicted octanol–water partition coefficient (Wildman–Crippen LogP) is 4.54. The maximum absolute atomic E-state index is 6.06. The highest BCUT2D eigenvalue weighted by Gasteiger charge is 2.20. The van der Waals surface area contributed by atoms with Gasteiger partial charge in [0.05, 0.1) is 0 Å². The summed E-state index contributed by atoms with van der Waals surface area (Å²) in [5.41, 5.74) is 1.34. The van der Waals surface area contributed by atoms with Crippen molar-refractivity contribution in [2.75, 3.05) is 6.54 Å². The first-order valence-corrected chi connectivity index (χ1v) is 7.40. The molecule has 0 aliphatic carbocycles. The van der Waals surface area contributed by atoms with Crippen LogP contribution in [0.15, 0.2) is 24.3 Å². The summed E-state index contributed by atoms with van der Waals surface area (Å²) in [5.74, 6) is 1.32. The van der Waals surface area contributed by atoms with Gasteiger partial charge in [0.2, 0.25) is 0 Å². The van der Waals surface area contributed by atoms with E-state index in [1.54, 1.807) is 0 Å². The Labute approximate surface area is 117 Å². The highest BCUT2D eigenvalue weighted by Crippen LogP contribution is 2.22. The van der Waals surface area contributed by atoms with E-state index in [4.69, 9.17) is 11.6 Å². The molecule has 1 nitrogen and oxygen atoms in total. The molecule has 1 rings (SSSR count). The van der Waals surface area contributed by atoms with Crippen molar-refractivity contribution in [2.45, 2.75) is 46.6 Å². The Morgan fingerprint density at radius 3 is 2.50 bits per heavy atom. The van der Waals surface area contributed by atoms with Crippen molar-refractivity contribution in [1.82, 2.24) is 5.32 Å². The van der Waals surface area contributed by atoms with Crippen LogP contribution in [0.25, 0.3) is 0 Å². The van der Waals surface area contributed by atoms with Crippen LogP contribution in [0.1, 0.15) is 39.7 Å². The van der Waals surface area contributed by atoms with E-state index in [-0.39, 0.29) is 0 Å². The quantitative estimate of drug-likeness (QED) is 0.765. The average molecular weight is 268 g/mol. The fourth-order valence-electron chi connectivity index (χ4n) is 2.45. The zero-order valence-corrected chi connectivity index (χ0v) is 12.8. The largest absolute Gasteiger partial charge is 0.314 e. The molecule has 1 aromatic carbocycles. The van der Waals surface area contributed by atoms with E-state index in [0.717, 1.165) is 18.0 Å². The monoisotopic (exact) mass is 267 g/mol. The van der Waals surface area contributed by atoms with Gasteiger partial charge in [-0.05, 0) is 55.8 Å². The molecule has 0 aliphatic heterocycles. The molecule has 0 radical (unpaired) electrons. The van der Waals surface area contributed by atoms with E-state index >= 15 is 0 Å². The molecule has 18 heavy (non-hydrogen) atoms. The van der Waals surface area contributed by atoms with E-state index in [1.807, 2.05) is 12.1 Å². The number of halogens is 1. The van der Waals surface area contributed by atoms with Crippen molar-refractivity contribution in [1.29, 1.82) is 0 Å². The van der Waals surface area contributed by atoms with Gasteiger partial charge in [-0.3, -0.25) is 0 Å². The van der Waals surface area contributed by atoms with Crippen molar-refractivity contribution in [3.8, 4) is 0 Å². The van der Waals surface area contributed by atoms with Crippen LogP contribution in [-0.4, -0.2) is 12.6 Å². The summed E-state index contributed by atoms with van der Waals surface area (Å²) in [7, 11) is 0. The van der Waals surface area contributed by atoms with Gasteiger partial charge in [-0.15, -0.1) is 0 Å². The Balaban J connectivity index is 2.68. The maximum atomic E-state index is 6.06. The van der Waals surface area contributed by atoms with Crippen LogP contribution in [0.5, 0.6) is 0 Å². The standard InChI is InChI=1S/C16H26ClN/c1-5-9-18-13(4)16(12(2)3)11-14-7-6-8-15(17)10-14/h6-8,10,12-13,16,18H,5,9,11H2,1-4H3. The molecule has 2 atom stereocenters. The first-order valence-electron chi connectivity index (χ1n) is 7.02. The molecule has 0 aromatic heterocycles. The zero-order chi connectivity index (χ0) is 13.5. The summed E-state index contributed by atoms with van der Waals surface area (Å²) in [6.45, 7) is 10.2. The molecule has 0 amide bonds. The van der Waals surface area contributed by atoms with E-state index < -0.39 is 0 Å². The molecule has 0 heterocycles. The lowest BCUT2D eigenvalue weighted by atomic mass is 9.84. The van der Waals surface area contributed by atoms with Crippen molar-refractivity contribution in [3.63, 3.8) is 0 Å². The minimum atomic E-state index is 0.545. The highest BCUT2D eigenvalue weighted by atomic mass is 35.5. The fraction of sp³-hybridized carbons (Fsp3) is 0.625. The lowest BCUT2D eigenvalue weighted by molar-refractivity contribution is 0.289. The van der Waals surface area contributed by atoms with Gasteiger partial charge in [-0.2, -0.15) is 0 Å². The lowest BCUT2D eigenvalue weighted by Gasteiger charge is -2.28. The number of benzene rings is 1. The topological polar surface area (TPSA) is 12.0 Å². The first kappa shape index (κ1) is 15.5. The molecule has 0 aliphatic rings. The number of hydrogen-bond acceptors (Lipinski definition) is 1. The van der Waals surface area contributed by atoms with Crippen LogP contribution < -0.4 is 5.32 Å². The summed E-state index contributed by atoms with van der Waals surface area (Å²) in [6, 6.07) is 8.79. The van der Waals surface area contributed by atoms with Gasteiger partial charge >= 0.3 is 0 Å². The van der Waals surface area contributed by atoms with Gasteiger partial charge in [0, 0.05) is 11.1 Å². The van der Waals surface area contributed by atoms with Gasteiger partial charge < -0.3 is 5.32 Å². The molecular weight excluding hydrogens is 242 g/mol. The second-order valence-corrected chi connectivity index (χ2v) is 5.92. The van der Waals surface area contributed by atoms with E-state index in [9.17, 15) is 0 Å². The van der Waals surface area contributed by atoms with Crippen LogP contribution in [0.3, 0.4) is 0 Å². The average Bonchev–Trinajstić information content (AvgIpc) is 2.32. The molecule has 2 unspecified atom stereocenters. The Morgan fingerprint density at radius 1 is 1.22 bits per heavy atom. The van der Waals surface area contributed by atoms with Crippen LogP contribution in [0.4, 0.5) is 0 Å². The van der Waals surface area contributed by atoms with Crippen LogP contribution in [-0.2, 0) is 6.42 Å². The van der Waals surface area contributed by atoms with Gasteiger partial charge in [-0.1, -0.05) is 44.5 Å². The third-order valence-corrected chi connectivity index (χ3v) is 3.81. The van der Waals surface area contributed by atoms with Gasteiger partial charge in [0.25, 0.3) is 0 Å². The second-order valence-electron chi connectivity index (χ2n) is 5.48. The highest BCUT2D eigenvalue weighted by molar-refractivity contribution is 6.30. The molecule has 1 N–H and O–H groups in total. The predicted molar refractivity (Wildman–Crippen MR) is 81.2 cm³/mol. The van der Waals surface area contributed by atoms with Gasteiger partial charge in [-0.25, -0.2) is 0 Å². The first-order chi connectivity index (χ1) is 8.54. The lowest BCUT2D eigenvalue weighted by Crippen LogP contribution is -2.37. The minimum absolute atomic E-state index is 0.545. The molecular formula is C16H26ClN. The van der Waals surface area contributed by atoms with Gasteiger partial charge in [0.1, 0.15) is 0 Å². The summed E-state index contributed by atoms with van der Waals surface area (Å²) in [6.07, 6.45) is 2.28. The van der Waals surface area contributed by atoms with Crippen molar-refractivity contribution in [2.24, 2.45) is 11.8 Å². The minimum Gasteiger partial charge on any atom is -0.314 e. The molecule has 0 spiro atoms. The SMILES string of the molecule is CCCNC(C)C(Cc1cccc(Cl)c1)C(C)C. The Hall–Kier alpha value is -0.530. The molecule has 102 valence electrons. The molecule has 1 aromatic rings. The molecule has 2 heteroatoms. The third kappa shape index (κ3) is 4.99. The Morgan fingerprint density at radius 2 is 1.94 bits per heavy atom. The Kier molecular flexibility index (Phi) is 6.73. The van der Waals surface area contributed by atoms with Crippen molar-refractivity contribution in [3.05, 3.63) is 34.9 Å².